The highest BCUT2D eigenvalue weighted by Crippen LogP contribution is 2.28. The van der Waals surface area contributed by atoms with Crippen LogP contribution in [0.25, 0.3) is 0 Å². The minimum absolute atomic E-state index is 0.0898. The van der Waals surface area contributed by atoms with Crippen molar-refractivity contribution >= 4 is 0 Å². The lowest BCUT2D eigenvalue weighted by molar-refractivity contribution is 0.289. The van der Waals surface area contributed by atoms with Gasteiger partial charge in [-0.1, -0.05) is 6.07 Å². The van der Waals surface area contributed by atoms with Crippen molar-refractivity contribution in [2.24, 2.45) is 0 Å². The van der Waals surface area contributed by atoms with Gasteiger partial charge >= 0.3 is 0 Å². The molecule has 0 spiro atoms. The predicted octanol–water partition coefficient (Wildman–Crippen LogP) is 2.72. The molecular formula is C16H22F2N2. The third-order valence-corrected chi connectivity index (χ3v) is 4.68. The number of benzene rings is 1. The van der Waals surface area contributed by atoms with E-state index in [2.05, 4.69) is 10.2 Å². The second-order valence-electron chi connectivity index (χ2n) is 6.11. The lowest BCUT2D eigenvalue weighted by Gasteiger charge is -2.25. The van der Waals surface area contributed by atoms with Gasteiger partial charge in [-0.3, -0.25) is 4.90 Å². The maximum atomic E-state index is 13.7. The number of fused-ring (bicyclic) bond motifs is 1. The normalized spacial score (nSPS) is 27.8. The highest BCUT2D eigenvalue weighted by Gasteiger charge is 2.37. The van der Waals surface area contributed by atoms with Crippen LogP contribution in [0.3, 0.4) is 0 Å². The van der Waals surface area contributed by atoms with Crippen molar-refractivity contribution in [2.45, 2.75) is 50.7 Å². The Labute approximate surface area is 119 Å². The van der Waals surface area contributed by atoms with Gasteiger partial charge in [-0.25, -0.2) is 8.78 Å². The van der Waals surface area contributed by atoms with E-state index in [0.29, 0.717) is 18.5 Å². The first-order valence-corrected chi connectivity index (χ1v) is 7.58. The second kappa shape index (κ2) is 5.78. The molecular weight excluding hydrogens is 258 g/mol. The molecule has 0 amide bonds. The fraction of sp³-hybridized carbons (Fsp3) is 0.625. The highest BCUT2D eigenvalue weighted by molar-refractivity contribution is 5.20. The SMILES string of the molecule is CC(Cc1c(F)cccc1F)NC1CCN2CCCC12. The number of hydrogen-bond acceptors (Lipinski definition) is 2. The van der Waals surface area contributed by atoms with Gasteiger partial charge in [-0.2, -0.15) is 0 Å². The zero-order chi connectivity index (χ0) is 14.1. The maximum Gasteiger partial charge on any atom is 0.129 e. The van der Waals surface area contributed by atoms with Crippen molar-refractivity contribution in [3.05, 3.63) is 35.4 Å². The Morgan fingerprint density at radius 2 is 2.00 bits per heavy atom. The minimum atomic E-state index is -0.437. The summed E-state index contributed by atoms with van der Waals surface area (Å²) < 4.78 is 27.3. The van der Waals surface area contributed by atoms with Gasteiger partial charge in [0.2, 0.25) is 0 Å². The van der Waals surface area contributed by atoms with Crippen LogP contribution >= 0.6 is 0 Å². The summed E-state index contributed by atoms with van der Waals surface area (Å²) in [5, 5.41) is 3.58. The van der Waals surface area contributed by atoms with Crippen molar-refractivity contribution in [1.29, 1.82) is 0 Å². The number of rotatable bonds is 4. The van der Waals surface area contributed by atoms with E-state index in [0.717, 1.165) is 13.0 Å². The average molecular weight is 280 g/mol. The van der Waals surface area contributed by atoms with Crippen molar-refractivity contribution in [3.63, 3.8) is 0 Å². The summed E-state index contributed by atoms with van der Waals surface area (Å²) in [4.78, 5) is 2.54. The molecule has 3 atom stereocenters. The number of halogens is 2. The molecule has 2 fully saturated rings. The predicted molar refractivity (Wildman–Crippen MR) is 75.7 cm³/mol. The smallest absolute Gasteiger partial charge is 0.129 e. The number of hydrogen-bond donors (Lipinski definition) is 1. The van der Waals surface area contributed by atoms with E-state index in [1.807, 2.05) is 6.92 Å². The van der Waals surface area contributed by atoms with E-state index >= 15 is 0 Å². The van der Waals surface area contributed by atoms with Gasteiger partial charge in [0.15, 0.2) is 0 Å². The largest absolute Gasteiger partial charge is 0.310 e. The van der Waals surface area contributed by atoms with Gasteiger partial charge in [0.25, 0.3) is 0 Å². The van der Waals surface area contributed by atoms with Crippen molar-refractivity contribution < 1.29 is 8.78 Å². The van der Waals surface area contributed by atoms with E-state index in [4.69, 9.17) is 0 Å². The summed E-state index contributed by atoms with van der Waals surface area (Å²) in [6.45, 7) is 4.38. The fourth-order valence-corrected chi connectivity index (χ4v) is 3.73. The summed E-state index contributed by atoms with van der Waals surface area (Å²) in [6.07, 6.45) is 4.08. The van der Waals surface area contributed by atoms with Crippen LogP contribution in [0.15, 0.2) is 18.2 Å². The third kappa shape index (κ3) is 2.72. The Kier molecular flexibility index (Phi) is 4.03. The van der Waals surface area contributed by atoms with Crippen LogP contribution in [-0.2, 0) is 6.42 Å². The first kappa shape index (κ1) is 14.0. The molecule has 1 N–H and O–H groups in total. The molecule has 20 heavy (non-hydrogen) atoms. The molecule has 2 aliphatic rings. The summed E-state index contributed by atoms with van der Waals surface area (Å²) in [6, 6.07) is 5.27. The topological polar surface area (TPSA) is 15.3 Å². The molecule has 2 heterocycles. The zero-order valence-corrected chi connectivity index (χ0v) is 11.9. The van der Waals surface area contributed by atoms with Gasteiger partial charge in [0.05, 0.1) is 0 Å². The molecule has 110 valence electrons. The number of nitrogens with zero attached hydrogens (tertiary/aromatic N) is 1. The standard InChI is InChI=1S/C16H22F2N2/c1-11(10-12-13(17)4-2-5-14(12)18)19-15-7-9-20-8-3-6-16(15)20/h2,4-5,11,15-16,19H,3,6-10H2,1H3. The summed E-state index contributed by atoms with van der Waals surface area (Å²) in [7, 11) is 0. The van der Waals surface area contributed by atoms with E-state index in [1.165, 1.54) is 37.6 Å². The first-order valence-electron chi connectivity index (χ1n) is 7.58. The lowest BCUT2D eigenvalue weighted by atomic mass is 10.0. The van der Waals surface area contributed by atoms with Crippen molar-refractivity contribution in [3.8, 4) is 0 Å². The molecule has 2 nitrogen and oxygen atoms in total. The molecule has 2 saturated heterocycles. The Morgan fingerprint density at radius 3 is 2.75 bits per heavy atom. The lowest BCUT2D eigenvalue weighted by Crippen LogP contribution is -2.44. The van der Waals surface area contributed by atoms with Crippen LogP contribution in [0, 0.1) is 11.6 Å². The van der Waals surface area contributed by atoms with E-state index in [1.54, 1.807) is 0 Å². The van der Waals surface area contributed by atoms with Crippen LogP contribution in [0.1, 0.15) is 31.7 Å². The molecule has 1 aromatic carbocycles. The molecule has 0 bridgehead atoms. The monoisotopic (exact) mass is 280 g/mol. The van der Waals surface area contributed by atoms with Gasteiger partial charge in [-0.15, -0.1) is 0 Å². The van der Waals surface area contributed by atoms with Crippen molar-refractivity contribution in [2.75, 3.05) is 13.1 Å². The second-order valence-corrected chi connectivity index (χ2v) is 6.11. The molecule has 0 aromatic heterocycles. The van der Waals surface area contributed by atoms with Crippen LogP contribution in [-0.4, -0.2) is 36.1 Å². The Bertz CT molecular complexity index is 457. The van der Waals surface area contributed by atoms with Gasteiger partial charge < -0.3 is 5.32 Å². The molecule has 0 radical (unpaired) electrons. The summed E-state index contributed by atoms with van der Waals surface area (Å²) in [5.74, 6) is -0.875. The molecule has 1 aromatic rings. The van der Waals surface area contributed by atoms with Gasteiger partial charge in [-0.05, 0) is 51.3 Å². The molecule has 0 aliphatic carbocycles. The van der Waals surface area contributed by atoms with Gasteiger partial charge in [0.1, 0.15) is 11.6 Å². The summed E-state index contributed by atoms with van der Waals surface area (Å²) in [5.41, 5.74) is 0.203. The van der Waals surface area contributed by atoms with Crippen molar-refractivity contribution in [1.82, 2.24) is 10.2 Å². The maximum absolute atomic E-state index is 13.7. The molecule has 2 aliphatic heterocycles. The summed E-state index contributed by atoms with van der Waals surface area (Å²) >= 11 is 0. The average Bonchev–Trinajstić information content (AvgIpc) is 2.99. The van der Waals surface area contributed by atoms with Crippen LogP contribution in [0.4, 0.5) is 8.78 Å². The van der Waals surface area contributed by atoms with Crippen LogP contribution < -0.4 is 5.32 Å². The van der Waals surface area contributed by atoms with E-state index < -0.39 is 11.6 Å². The molecule has 0 saturated carbocycles. The number of nitrogens with one attached hydrogen (secondary N) is 1. The van der Waals surface area contributed by atoms with Crippen LogP contribution in [0.2, 0.25) is 0 Å². The Morgan fingerprint density at radius 1 is 1.25 bits per heavy atom. The third-order valence-electron chi connectivity index (χ3n) is 4.68. The van der Waals surface area contributed by atoms with Gasteiger partial charge in [0, 0.05) is 30.2 Å². The molecule has 3 rings (SSSR count). The van der Waals surface area contributed by atoms with Crippen LogP contribution in [0.5, 0.6) is 0 Å². The minimum Gasteiger partial charge on any atom is -0.310 e. The quantitative estimate of drug-likeness (QED) is 0.912. The zero-order valence-electron chi connectivity index (χ0n) is 11.9. The Hall–Kier alpha value is -1.00. The highest BCUT2D eigenvalue weighted by atomic mass is 19.1. The first-order chi connectivity index (χ1) is 9.65. The molecule has 3 unspecified atom stereocenters. The molecule has 4 heteroatoms. The van der Waals surface area contributed by atoms with E-state index in [-0.39, 0.29) is 11.6 Å². The van der Waals surface area contributed by atoms with E-state index in [9.17, 15) is 8.78 Å². The fourth-order valence-electron chi connectivity index (χ4n) is 3.73. The Balaban J connectivity index is 1.61.